The highest BCUT2D eigenvalue weighted by Crippen LogP contribution is 2.26. The fraction of sp³-hybridized carbons (Fsp3) is 0.923. The molecule has 1 fully saturated rings. The second-order valence-corrected chi connectivity index (χ2v) is 5.81. The van der Waals surface area contributed by atoms with Crippen LogP contribution in [0.2, 0.25) is 0 Å². The van der Waals surface area contributed by atoms with Crippen LogP contribution in [-0.2, 0) is 4.74 Å². The van der Waals surface area contributed by atoms with Crippen molar-refractivity contribution in [3.05, 3.63) is 0 Å². The number of carbonyl (C=O) groups excluding carboxylic acids is 1. The lowest BCUT2D eigenvalue weighted by atomic mass is 9.84. The predicted octanol–water partition coefficient (Wildman–Crippen LogP) is 3.43. The summed E-state index contributed by atoms with van der Waals surface area (Å²) in [5.74, 6) is 0.265. The Balaban J connectivity index is 2.42. The summed E-state index contributed by atoms with van der Waals surface area (Å²) in [7, 11) is 0. The molecule has 0 aromatic heterocycles. The van der Waals surface area contributed by atoms with Gasteiger partial charge in [-0.1, -0.05) is 19.3 Å². The van der Waals surface area contributed by atoms with Crippen LogP contribution in [-0.4, -0.2) is 24.4 Å². The van der Waals surface area contributed by atoms with E-state index in [1.165, 1.54) is 6.42 Å². The van der Waals surface area contributed by atoms with Gasteiger partial charge in [0.1, 0.15) is 12.3 Å². The van der Waals surface area contributed by atoms with E-state index in [1.807, 2.05) is 0 Å². The summed E-state index contributed by atoms with van der Waals surface area (Å²) in [6.07, 6.45) is 5.00. The number of halogens is 1. The average molecular weight is 245 g/mol. The molecule has 3 nitrogen and oxygen atoms in total. The van der Waals surface area contributed by atoms with Crippen LogP contribution in [0.5, 0.6) is 0 Å². The minimum Gasteiger partial charge on any atom is -0.444 e. The van der Waals surface area contributed by atoms with Crippen LogP contribution in [0.1, 0.15) is 52.9 Å². The number of rotatable bonds is 3. The van der Waals surface area contributed by atoms with Gasteiger partial charge in [-0.25, -0.2) is 9.18 Å². The highest BCUT2D eigenvalue weighted by Gasteiger charge is 2.26. The van der Waals surface area contributed by atoms with Crippen molar-refractivity contribution < 1.29 is 13.9 Å². The quantitative estimate of drug-likeness (QED) is 0.827. The first-order chi connectivity index (χ1) is 7.92. The Kier molecular flexibility index (Phi) is 5.22. The van der Waals surface area contributed by atoms with Crippen molar-refractivity contribution in [1.82, 2.24) is 5.32 Å². The second kappa shape index (κ2) is 6.22. The van der Waals surface area contributed by atoms with Crippen LogP contribution in [0.15, 0.2) is 0 Å². The first-order valence-corrected chi connectivity index (χ1v) is 6.48. The molecule has 1 N–H and O–H groups in total. The van der Waals surface area contributed by atoms with Crippen molar-refractivity contribution in [3.8, 4) is 0 Å². The van der Waals surface area contributed by atoms with Crippen LogP contribution in [0.25, 0.3) is 0 Å². The van der Waals surface area contributed by atoms with Gasteiger partial charge in [0.15, 0.2) is 0 Å². The molecule has 4 heteroatoms. The summed E-state index contributed by atoms with van der Waals surface area (Å²) in [6, 6.07) is -0.384. The maximum Gasteiger partial charge on any atom is 0.407 e. The highest BCUT2D eigenvalue weighted by atomic mass is 19.1. The number of hydrogen-bond acceptors (Lipinski definition) is 2. The van der Waals surface area contributed by atoms with Gasteiger partial charge in [-0.15, -0.1) is 0 Å². The zero-order chi connectivity index (χ0) is 12.9. The fourth-order valence-corrected chi connectivity index (χ4v) is 2.28. The second-order valence-electron chi connectivity index (χ2n) is 5.81. The SMILES string of the molecule is CC(C)(C)OC(=O)N[C@@H](CF)C1CCCCC1. The molecule has 0 saturated heterocycles. The van der Waals surface area contributed by atoms with Gasteiger partial charge in [0.05, 0.1) is 6.04 Å². The summed E-state index contributed by atoms with van der Waals surface area (Å²) in [6.45, 7) is 4.90. The summed E-state index contributed by atoms with van der Waals surface area (Å²) in [5.41, 5.74) is -0.530. The molecular weight excluding hydrogens is 221 g/mol. The van der Waals surface area contributed by atoms with Crippen molar-refractivity contribution in [2.75, 3.05) is 6.67 Å². The van der Waals surface area contributed by atoms with Crippen molar-refractivity contribution in [2.24, 2.45) is 5.92 Å². The van der Waals surface area contributed by atoms with Gasteiger partial charge in [-0.2, -0.15) is 0 Å². The van der Waals surface area contributed by atoms with Crippen LogP contribution >= 0.6 is 0 Å². The molecule has 0 aliphatic heterocycles. The average Bonchev–Trinajstić information content (AvgIpc) is 2.24. The molecule has 0 radical (unpaired) electrons. The maximum atomic E-state index is 13.0. The largest absolute Gasteiger partial charge is 0.444 e. The van der Waals surface area contributed by atoms with Gasteiger partial charge in [0.25, 0.3) is 0 Å². The maximum absolute atomic E-state index is 13.0. The van der Waals surface area contributed by atoms with E-state index in [0.29, 0.717) is 0 Å². The van der Waals surface area contributed by atoms with E-state index < -0.39 is 18.4 Å². The fourth-order valence-electron chi connectivity index (χ4n) is 2.28. The van der Waals surface area contributed by atoms with Crippen molar-refractivity contribution in [3.63, 3.8) is 0 Å². The van der Waals surface area contributed by atoms with Crippen molar-refractivity contribution in [1.29, 1.82) is 0 Å². The van der Waals surface area contributed by atoms with E-state index in [-0.39, 0.29) is 12.0 Å². The van der Waals surface area contributed by atoms with E-state index in [0.717, 1.165) is 25.7 Å². The van der Waals surface area contributed by atoms with E-state index in [9.17, 15) is 9.18 Å². The predicted molar refractivity (Wildman–Crippen MR) is 65.7 cm³/mol. The zero-order valence-corrected chi connectivity index (χ0v) is 11.1. The molecule has 1 amide bonds. The molecule has 0 spiro atoms. The first kappa shape index (κ1) is 14.3. The Labute approximate surface area is 103 Å². The van der Waals surface area contributed by atoms with Gasteiger partial charge < -0.3 is 10.1 Å². The number of amides is 1. The number of alkyl carbamates (subject to hydrolysis) is 1. The van der Waals surface area contributed by atoms with Crippen LogP contribution in [0, 0.1) is 5.92 Å². The smallest absolute Gasteiger partial charge is 0.407 e. The Hall–Kier alpha value is -0.800. The molecule has 0 heterocycles. The van der Waals surface area contributed by atoms with Crippen LogP contribution in [0.3, 0.4) is 0 Å². The third-order valence-electron chi connectivity index (χ3n) is 3.09. The molecule has 0 aromatic carbocycles. The Morgan fingerprint density at radius 1 is 1.35 bits per heavy atom. The van der Waals surface area contributed by atoms with E-state index in [4.69, 9.17) is 4.74 Å². The minimum atomic E-state index is -0.530. The normalized spacial score (nSPS) is 19.8. The number of carbonyl (C=O) groups is 1. The van der Waals surface area contributed by atoms with E-state index in [2.05, 4.69) is 5.32 Å². The third-order valence-corrected chi connectivity index (χ3v) is 3.09. The molecule has 100 valence electrons. The van der Waals surface area contributed by atoms with Crippen molar-refractivity contribution >= 4 is 6.09 Å². The lowest BCUT2D eigenvalue weighted by Crippen LogP contribution is -2.44. The lowest BCUT2D eigenvalue weighted by molar-refractivity contribution is 0.0464. The molecule has 0 aromatic rings. The Morgan fingerprint density at radius 2 is 1.94 bits per heavy atom. The van der Waals surface area contributed by atoms with Crippen molar-refractivity contribution in [2.45, 2.75) is 64.5 Å². The zero-order valence-electron chi connectivity index (χ0n) is 11.1. The topological polar surface area (TPSA) is 38.3 Å². The third kappa shape index (κ3) is 5.37. The monoisotopic (exact) mass is 245 g/mol. The summed E-state index contributed by atoms with van der Waals surface area (Å²) in [4.78, 5) is 11.6. The molecule has 1 aliphatic carbocycles. The summed E-state index contributed by atoms with van der Waals surface area (Å²) >= 11 is 0. The molecule has 1 atom stereocenters. The molecule has 0 unspecified atom stereocenters. The van der Waals surface area contributed by atoms with Gasteiger partial charge in [0.2, 0.25) is 0 Å². The number of hydrogen-bond donors (Lipinski definition) is 1. The first-order valence-electron chi connectivity index (χ1n) is 6.48. The van der Waals surface area contributed by atoms with Gasteiger partial charge in [-0.05, 0) is 39.5 Å². The highest BCUT2D eigenvalue weighted by molar-refractivity contribution is 5.68. The molecular formula is C13H24FNO2. The summed E-state index contributed by atoms with van der Waals surface area (Å²) in [5, 5.41) is 2.66. The van der Waals surface area contributed by atoms with Crippen LogP contribution in [0.4, 0.5) is 9.18 Å². The minimum absolute atomic E-state index is 0.265. The number of ether oxygens (including phenoxy) is 1. The van der Waals surface area contributed by atoms with Gasteiger partial charge >= 0.3 is 6.09 Å². The molecule has 1 rings (SSSR count). The number of nitrogens with one attached hydrogen (secondary N) is 1. The Bertz CT molecular complexity index is 244. The molecule has 17 heavy (non-hydrogen) atoms. The van der Waals surface area contributed by atoms with Gasteiger partial charge in [0, 0.05) is 0 Å². The lowest BCUT2D eigenvalue weighted by Gasteiger charge is -2.30. The standard InChI is InChI=1S/C13H24FNO2/c1-13(2,3)17-12(16)15-11(9-14)10-7-5-4-6-8-10/h10-11H,4-9H2,1-3H3,(H,15,16)/t11-/m0/s1. The van der Waals surface area contributed by atoms with E-state index >= 15 is 0 Å². The van der Waals surface area contributed by atoms with E-state index in [1.54, 1.807) is 20.8 Å². The molecule has 0 bridgehead atoms. The number of alkyl halides is 1. The molecule has 1 aliphatic rings. The Morgan fingerprint density at radius 3 is 2.41 bits per heavy atom. The summed E-state index contributed by atoms with van der Waals surface area (Å²) < 4.78 is 18.1. The van der Waals surface area contributed by atoms with Gasteiger partial charge in [-0.3, -0.25) is 0 Å². The molecule has 1 saturated carbocycles. The van der Waals surface area contributed by atoms with Crippen LogP contribution < -0.4 is 5.32 Å².